The van der Waals surface area contributed by atoms with Crippen molar-refractivity contribution in [2.45, 2.75) is 39.0 Å². The Labute approximate surface area is 185 Å². The highest BCUT2D eigenvalue weighted by molar-refractivity contribution is 6.08. The molecule has 1 atom stereocenters. The zero-order chi connectivity index (χ0) is 21.2. The number of hydrogen-bond donors (Lipinski definition) is 0. The van der Waals surface area contributed by atoms with Crippen LogP contribution in [0.3, 0.4) is 0 Å². The van der Waals surface area contributed by atoms with Gasteiger partial charge >= 0.3 is 0 Å². The predicted molar refractivity (Wildman–Crippen MR) is 132 cm³/mol. The Bertz CT molecular complexity index is 1310. The van der Waals surface area contributed by atoms with Crippen LogP contribution < -0.4 is 0 Å². The van der Waals surface area contributed by atoms with Crippen molar-refractivity contribution >= 4 is 21.9 Å². The van der Waals surface area contributed by atoms with Gasteiger partial charge in [-0.05, 0) is 74.1 Å². The first-order valence-electron chi connectivity index (χ1n) is 11.5. The summed E-state index contributed by atoms with van der Waals surface area (Å²) in [6, 6.07) is 31.8. The van der Waals surface area contributed by atoms with Gasteiger partial charge in [-0.3, -0.25) is 0 Å². The van der Waals surface area contributed by atoms with Crippen LogP contribution in [-0.2, 0) is 11.8 Å². The van der Waals surface area contributed by atoms with Crippen molar-refractivity contribution in [1.29, 1.82) is 0 Å². The second kappa shape index (κ2) is 6.69. The topological polar surface area (TPSA) is 0 Å². The third kappa shape index (κ3) is 2.61. The lowest BCUT2D eigenvalue weighted by Gasteiger charge is -2.39. The molecule has 0 nitrogen and oxygen atoms in total. The minimum atomic E-state index is -0.00324. The Hall–Kier alpha value is -3.12. The molecule has 0 unspecified atom stereocenters. The largest absolute Gasteiger partial charge is 0.0619 e. The van der Waals surface area contributed by atoms with Crippen LogP contribution in [0.15, 0.2) is 84.9 Å². The molecule has 152 valence electrons. The van der Waals surface area contributed by atoms with Gasteiger partial charge in [0.05, 0.1) is 0 Å². The van der Waals surface area contributed by atoms with Crippen molar-refractivity contribution < 1.29 is 0 Å². The van der Waals surface area contributed by atoms with Crippen molar-refractivity contribution in [1.82, 2.24) is 0 Å². The van der Waals surface area contributed by atoms with Gasteiger partial charge in [0.25, 0.3) is 0 Å². The zero-order valence-corrected chi connectivity index (χ0v) is 18.6. The first-order valence-corrected chi connectivity index (χ1v) is 11.5. The van der Waals surface area contributed by atoms with Gasteiger partial charge in [0, 0.05) is 5.41 Å². The van der Waals surface area contributed by atoms with Gasteiger partial charge in [-0.25, -0.2) is 0 Å². The molecule has 2 aliphatic rings. The molecule has 4 aromatic carbocycles. The second-order valence-corrected chi connectivity index (χ2v) is 9.77. The van der Waals surface area contributed by atoms with Crippen LogP contribution >= 0.6 is 0 Å². The Kier molecular flexibility index (Phi) is 4.02. The standard InChI is InChI=1S/C31H28/c1-20-16-17-22-19-18-21-10-4-5-11-23(21)29(22)28(20)30-24-12-6-8-14-26(24)31(2,3)27-15-9-7-13-25(27)30/h4-15,18-20H,16-17H2,1-3H3/t20-/m0/s1. The highest BCUT2D eigenvalue weighted by Crippen LogP contribution is 2.52. The molecule has 0 aliphatic heterocycles. The number of benzene rings is 4. The van der Waals surface area contributed by atoms with E-state index in [0.717, 1.165) is 6.42 Å². The predicted octanol–water partition coefficient (Wildman–Crippen LogP) is 8.02. The van der Waals surface area contributed by atoms with E-state index in [-0.39, 0.29) is 5.41 Å². The summed E-state index contributed by atoms with van der Waals surface area (Å²) in [4.78, 5) is 0. The first kappa shape index (κ1) is 18.6. The van der Waals surface area contributed by atoms with Crippen molar-refractivity contribution in [3.63, 3.8) is 0 Å². The molecule has 0 N–H and O–H groups in total. The lowest BCUT2D eigenvalue weighted by Crippen LogP contribution is -2.27. The van der Waals surface area contributed by atoms with E-state index in [2.05, 4.69) is 106 Å². The fourth-order valence-electron chi connectivity index (χ4n) is 6.05. The van der Waals surface area contributed by atoms with Crippen LogP contribution in [0, 0.1) is 5.92 Å². The number of fused-ring (bicyclic) bond motifs is 5. The average Bonchev–Trinajstić information content (AvgIpc) is 2.80. The van der Waals surface area contributed by atoms with Gasteiger partial charge in [-0.15, -0.1) is 0 Å². The van der Waals surface area contributed by atoms with Crippen LogP contribution in [0.1, 0.15) is 60.6 Å². The van der Waals surface area contributed by atoms with Crippen molar-refractivity contribution in [2.24, 2.45) is 5.92 Å². The molecule has 0 saturated heterocycles. The smallest absolute Gasteiger partial charge is 0.0158 e. The molecule has 0 amide bonds. The zero-order valence-electron chi connectivity index (χ0n) is 18.6. The fraction of sp³-hybridized carbons (Fsp3) is 0.226. The third-order valence-electron chi connectivity index (χ3n) is 7.63. The molecule has 0 heteroatoms. The molecule has 0 heterocycles. The summed E-state index contributed by atoms with van der Waals surface area (Å²) in [6.07, 6.45) is 2.37. The van der Waals surface area contributed by atoms with Crippen molar-refractivity contribution in [3.8, 4) is 0 Å². The molecule has 0 bridgehead atoms. The van der Waals surface area contributed by atoms with Gasteiger partial charge in [-0.1, -0.05) is 106 Å². The summed E-state index contributed by atoms with van der Waals surface area (Å²) in [5.74, 6) is 0.524. The van der Waals surface area contributed by atoms with E-state index in [4.69, 9.17) is 0 Å². The van der Waals surface area contributed by atoms with Gasteiger partial charge in [0.15, 0.2) is 0 Å². The number of hydrogen-bond acceptors (Lipinski definition) is 0. The van der Waals surface area contributed by atoms with E-state index in [1.54, 1.807) is 0 Å². The van der Waals surface area contributed by atoms with E-state index in [1.165, 1.54) is 61.7 Å². The van der Waals surface area contributed by atoms with Gasteiger partial charge in [-0.2, -0.15) is 0 Å². The molecule has 0 fully saturated rings. The fourth-order valence-corrected chi connectivity index (χ4v) is 6.05. The van der Waals surface area contributed by atoms with Crippen LogP contribution in [-0.4, -0.2) is 0 Å². The summed E-state index contributed by atoms with van der Waals surface area (Å²) in [5.41, 5.74) is 11.7. The minimum Gasteiger partial charge on any atom is -0.0619 e. The molecular formula is C31H28. The van der Waals surface area contributed by atoms with Gasteiger partial charge < -0.3 is 0 Å². The molecule has 0 saturated carbocycles. The average molecular weight is 401 g/mol. The summed E-state index contributed by atoms with van der Waals surface area (Å²) < 4.78 is 0. The van der Waals surface area contributed by atoms with Crippen molar-refractivity contribution in [2.75, 3.05) is 0 Å². The van der Waals surface area contributed by atoms with Crippen LogP contribution in [0.5, 0.6) is 0 Å². The normalized spacial score (nSPS) is 19.0. The molecule has 4 aromatic rings. The first-order chi connectivity index (χ1) is 15.1. The summed E-state index contributed by atoms with van der Waals surface area (Å²) in [6.45, 7) is 7.18. The summed E-state index contributed by atoms with van der Waals surface area (Å²) in [7, 11) is 0. The number of allylic oxidation sites excluding steroid dienone is 1. The van der Waals surface area contributed by atoms with E-state index >= 15 is 0 Å². The van der Waals surface area contributed by atoms with Gasteiger partial charge in [0.1, 0.15) is 0 Å². The SMILES string of the molecule is C[C@H]1CCc2ccc3ccccc3c2C1=C1c2ccccc2C(C)(C)c2ccccc21. The minimum absolute atomic E-state index is 0.00324. The number of aryl methyl sites for hydroxylation is 1. The maximum Gasteiger partial charge on any atom is 0.0158 e. The van der Waals surface area contributed by atoms with Crippen LogP contribution in [0.4, 0.5) is 0 Å². The maximum absolute atomic E-state index is 2.43. The van der Waals surface area contributed by atoms with E-state index in [1.807, 2.05) is 0 Å². The number of rotatable bonds is 0. The quantitative estimate of drug-likeness (QED) is 0.280. The molecule has 0 aromatic heterocycles. The molecule has 0 spiro atoms. The molecular weight excluding hydrogens is 372 g/mol. The summed E-state index contributed by atoms with van der Waals surface area (Å²) in [5, 5.41) is 2.74. The van der Waals surface area contributed by atoms with Crippen LogP contribution in [0.25, 0.3) is 21.9 Å². The Morgan fingerprint density at radius 3 is 2.03 bits per heavy atom. The van der Waals surface area contributed by atoms with E-state index in [0.29, 0.717) is 5.92 Å². The maximum atomic E-state index is 2.43. The second-order valence-electron chi connectivity index (χ2n) is 9.77. The molecule has 2 aliphatic carbocycles. The summed E-state index contributed by atoms with van der Waals surface area (Å²) >= 11 is 0. The lowest BCUT2D eigenvalue weighted by atomic mass is 9.64. The highest BCUT2D eigenvalue weighted by atomic mass is 14.4. The Morgan fingerprint density at radius 2 is 1.32 bits per heavy atom. The van der Waals surface area contributed by atoms with E-state index in [9.17, 15) is 0 Å². The molecule has 31 heavy (non-hydrogen) atoms. The highest BCUT2D eigenvalue weighted by Gasteiger charge is 2.37. The monoisotopic (exact) mass is 400 g/mol. The molecule has 0 radical (unpaired) electrons. The van der Waals surface area contributed by atoms with E-state index < -0.39 is 0 Å². The van der Waals surface area contributed by atoms with Crippen LogP contribution in [0.2, 0.25) is 0 Å². The Morgan fingerprint density at radius 1 is 0.710 bits per heavy atom. The van der Waals surface area contributed by atoms with Gasteiger partial charge in [0.2, 0.25) is 0 Å². The third-order valence-corrected chi connectivity index (χ3v) is 7.63. The Balaban J connectivity index is 1.81. The van der Waals surface area contributed by atoms with Crippen molar-refractivity contribution in [3.05, 3.63) is 118 Å². The molecule has 6 rings (SSSR count). The lowest BCUT2D eigenvalue weighted by molar-refractivity contribution is 0.626.